The molecule has 2 aromatic rings. The molecule has 0 bridgehead atoms. The molecule has 1 heterocycles. The molecule has 142 valence electrons. The number of carboxylic acid groups (broad SMARTS) is 1. The topological polar surface area (TPSA) is 66.8 Å². The molecule has 5 nitrogen and oxygen atoms in total. The number of nitrogens with zero attached hydrogens (tertiary/aromatic N) is 1. The zero-order valence-electron chi connectivity index (χ0n) is 15.0. The Morgan fingerprint density at radius 1 is 1.07 bits per heavy atom. The van der Waals surface area contributed by atoms with E-state index < -0.39 is 5.97 Å². The van der Waals surface area contributed by atoms with Crippen LogP contribution in [0.4, 0.5) is 0 Å². The maximum Gasteiger partial charge on any atom is 0.305 e. The fourth-order valence-corrected chi connectivity index (χ4v) is 4.29. The van der Waals surface area contributed by atoms with Gasteiger partial charge >= 0.3 is 5.97 Å². The van der Waals surface area contributed by atoms with Crippen LogP contribution in [-0.2, 0) is 14.3 Å². The Morgan fingerprint density at radius 2 is 1.67 bits per heavy atom. The SMILES string of the molecule is O=C(O)CC1CSCCN1C(=O)COC(c1ccccc1)c1ccccc1. The number of carbonyl (C=O) groups is 2. The normalized spacial score (nSPS) is 17.1. The molecule has 2 aromatic carbocycles. The molecule has 0 saturated carbocycles. The third-order valence-corrected chi connectivity index (χ3v) is 5.63. The second kappa shape index (κ2) is 9.58. The molecule has 0 spiro atoms. The molecule has 27 heavy (non-hydrogen) atoms. The van der Waals surface area contributed by atoms with Gasteiger partial charge < -0.3 is 14.7 Å². The number of amides is 1. The van der Waals surface area contributed by atoms with Crippen LogP contribution in [0.15, 0.2) is 60.7 Å². The van der Waals surface area contributed by atoms with Crippen molar-refractivity contribution in [3.05, 3.63) is 71.8 Å². The van der Waals surface area contributed by atoms with Gasteiger partial charge in [-0.15, -0.1) is 0 Å². The van der Waals surface area contributed by atoms with Crippen LogP contribution >= 0.6 is 11.8 Å². The minimum absolute atomic E-state index is 0.0282. The number of benzene rings is 2. The van der Waals surface area contributed by atoms with Crippen molar-refractivity contribution in [2.24, 2.45) is 0 Å². The minimum atomic E-state index is -0.882. The van der Waals surface area contributed by atoms with E-state index in [9.17, 15) is 9.59 Å². The van der Waals surface area contributed by atoms with Gasteiger partial charge in [0.1, 0.15) is 12.7 Å². The Kier molecular flexibility index (Phi) is 6.90. The summed E-state index contributed by atoms with van der Waals surface area (Å²) in [5.74, 6) is 0.438. The van der Waals surface area contributed by atoms with Gasteiger partial charge in [0, 0.05) is 18.1 Å². The average Bonchev–Trinajstić information content (AvgIpc) is 2.69. The number of hydrogen-bond donors (Lipinski definition) is 1. The Labute approximate surface area is 163 Å². The lowest BCUT2D eigenvalue weighted by atomic mass is 10.0. The van der Waals surface area contributed by atoms with Crippen LogP contribution in [0.3, 0.4) is 0 Å². The van der Waals surface area contributed by atoms with Crippen molar-refractivity contribution in [3.8, 4) is 0 Å². The molecule has 1 N–H and O–H groups in total. The van der Waals surface area contributed by atoms with E-state index in [0.29, 0.717) is 12.3 Å². The predicted molar refractivity (Wildman–Crippen MR) is 106 cm³/mol. The van der Waals surface area contributed by atoms with E-state index in [2.05, 4.69) is 0 Å². The highest BCUT2D eigenvalue weighted by atomic mass is 32.2. The highest BCUT2D eigenvalue weighted by Crippen LogP contribution is 2.26. The van der Waals surface area contributed by atoms with E-state index in [1.165, 1.54) is 0 Å². The van der Waals surface area contributed by atoms with Gasteiger partial charge in [-0.2, -0.15) is 11.8 Å². The average molecular weight is 385 g/mol. The van der Waals surface area contributed by atoms with E-state index in [1.807, 2.05) is 60.7 Å². The molecule has 1 fully saturated rings. The first-order valence-corrected chi connectivity index (χ1v) is 10.1. The van der Waals surface area contributed by atoms with E-state index in [1.54, 1.807) is 16.7 Å². The van der Waals surface area contributed by atoms with Crippen molar-refractivity contribution in [2.75, 3.05) is 24.7 Å². The van der Waals surface area contributed by atoms with E-state index in [0.717, 1.165) is 16.9 Å². The van der Waals surface area contributed by atoms with Gasteiger partial charge in [0.15, 0.2) is 0 Å². The maximum atomic E-state index is 12.8. The Morgan fingerprint density at radius 3 is 2.22 bits per heavy atom. The van der Waals surface area contributed by atoms with Crippen molar-refractivity contribution >= 4 is 23.6 Å². The molecule has 1 atom stereocenters. The summed E-state index contributed by atoms with van der Waals surface area (Å²) in [6, 6.07) is 19.3. The Balaban J connectivity index is 1.71. The summed E-state index contributed by atoms with van der Waals surface area (Å²) in [7, 11) is 0. The quantitative estimate of drug-likeness (QED) is 0.793. The zero-order chi connectivity index (χ0) is 19.1. The molecule has 1 saturated heterocycles. The lowest BCUT2D eigenvalue weighted by Crippen LogP contribution is -2.48. The van der Waals surface area contributed by atoms with Crippen LogP contribution in [0.25, 0.3) is 0 Å². The number of aliphatic carboxylic acids is 1. The smallest absolute Gasteiger partial charge is 0.305 e. The molecule has 0 aliphatic carbocycles. The first kappa shape index (κ1) is 19.5. The molecule has 1 amide bonds. The molecule has 0 aromatic heterocycles. The number of ether oxygens (including phenoxy) is 1. The predicted octanol–water partition coefficient (Wildman–Crippen LogP) is 3.21. The van der Waals surface area contributed by atoms with Crippen LogP contribution in [0.1, 0.15) is 23.7 Å². The second-order valence-corrected chi connectivity index (χ2v) is 7.58. The van der Waals surface area contributed by atoms with Crippen molar-refractivity contribution in [1.29, 1.82) is 0 Å². The van der Waals surface area contributed by atoms with Gasteiger partial charge in [-0.3, -0.25) is 9.59 Å². The summed E-state index contributed by atoms with van der Waals surface area (Å²) in [5, 5.41) is 9.10. The zero-order valence-corrected chi connectivity index (χ0v) is 15.8. The molecule has 1 aliphatic heterocycles. The van der Waals surface area contributed by atoms with E-state index in [4.69, 9.17) is 9.84 Å². The van der Waals surface area contributed by atoms with Gasteiger partial charge in [0.05, 0.1) is 12.5 Å². The van der Waals surface area contributed by atoms with Gasteiger partial charge in [-0.1, -0.05) is 60.7 Å². The number of rotatable bonds is 7. The summed E-state index contributed by atoms with van der Waals surface area (Å²) in [6.07, 6.45) is -0.368. The Hall–Kier alpha value is -2.31. The van der Waals surface area contributed by atoms with Crippen molar-refractivity contribution < 1.29 is 19.4 Å². The summed E-state index contributed by atoms with van der Waals surface area (Å²) in [5.41, 5.74) is 1.96. The molecule has 1 aliphatic rings. The lowest BCUT2D eigenvalue weighted by molar-refractivity contribution is -0.143. The van der Waals surface area contributed by atoms with Gasteiger partial charge in [0.2, 0.25) is 5.91 Å². The van der Waals surface area contributed by atoms with Crippen LogP contribution in [0, 0.1) is 0 Å². The molecule has 1 unspecified atom stereocenters. The summed E-state index contributed by atoms with van der Waals surface area (Å²) in [6.45, 7) is 0.487. The minimum Gasteiger partial charge on any atom is -0.481 e. The highest BCUT2D eigenvalue weighted by molar-refractivity contribution is 7.99. The first-order chi connectivity index (χ1) is 13.1. The van der Waals surface area contributed by atoms with Crippen LogP contribution < -0.4 is 0 Å². The van der Waals surface area contributed by atoms with Gasteiger partial charge in [-0.05, 0) is 11.1 Å². The Bertz CT molecular complexity index is 714. The second-order valence-electron chi connectivity index (χ2n) is 6.43. The van der Waals surface area contributed by atoms with Crippen molar-refractivity contribution in [1.82, 2.24) is 4.90 Å². The fourth-order valence-electron chi connectivity index (χ4n) is 3.23. The highest BCUT2D eigenvalue weighted by Gasteiger charge is 2.29. The van der Waals surface area contributed by atoms with Crippen molar-refractivity contribution in [2.45, 2.75) is 18.6 Å². The van der Waals surface area contributed by atoms with Gasteiger partial charge in [0.25, 0.3) is 0 Å². The molecular formula is C21H23NO4S. The third kappa shape index (κ3) is 5.34. The maximum absolute atomic E-state index is 12.8. The summed E-state index contributed by atoms with van der Waals surface area (Å²) >= 11 is 1.69. The molecule has 6 heteroatoms. The molecular weight excluding hydrogens is 362 g/mol. The molecule has 0 radical (unpaired) electrons. The standard InChI is InChI=1S/C21H23NO4S/c23-19(22-11-12-27-15-18(22)13-20(24)25)14-26-21(16-7-3-1-4-8-16)17-9-5-2-6-10-17/h1-10,18,21H,11-15H2,(H,24,25). The summed E-state index contributed by atoms with van der Waals surface area (Å²) in [4.78, 5) is 25.5. The van der Waals surface area contributed by atoms with E-state index in [-0.39, 0.29) is 31.1 Å². The largest absolute Gasteiger partial charge is 0.481 e. The van der Waals surface area contributed by atoms with Gasteiger partial charge in [-0.25, -0.2) is 0 Å². The van der Waals surface area contributed by atoms with Crippen LogP contribution in [0.2, 0.25) is 0 Å². The summed E-state index contributed by atoms with van der Waals surface area (Å²) < 4.78 is 6.04. The van der Waals surface area contributed by atoms with Crippen LogP contribution in [0.5, 0.6) is 0 Å². The first-order valence-electron chi connectivity index (χ1n) is 8.95. The fraction of sp³-hybridized carbons (Fsp3) is 0.333. The number of carboxylic acids is 1. The molecule has 3 rings (SSSR count). The third-order valence-electron chi connectivity index (χ3n) is 4.54. The van der Waals surface area contributed by atoms with Crippen molar-refractivity contribution in [3.63, 3.8) is 0 Å². The number of hydrogen-bond acceptors (Lipinski definition) is 4. The number of thioether (sulfide) groups is 1. The monoisotopic (exact) mass is 385 g/mol. The lowest BCUT2D eigenvalue weighted by Gasteiger charge is -2.35. The van der Waals surface area contributed by atoms with Crippen LogP contribution in [-0.4, -0.2) is 52.6 Å². The van der Waals surface area contributed by atoms with E-state index >= 15 is 0 Å². The number of carbonyl (C=O) groups excluding carboxylic acids is 1.